The molecule has 0 saturated heterocycles. The first-order valence-corrected chi connectivity index (χ1v) is 7.69. The van der Waals surface area contributed by atoms with Gasteiger partial charge in [0.2, 0.25) is 0 Å². The van der Waals surface area contributed by atoms with Crippen molar-refractivity contribution in [3.05, 3.63) is 77.9 Å². The maximum absolute atomic E-state index is 11.5. The van der Waals surface area contributed by atoms with Crippen molar-refractivity contribution in [2.45, 2.75) is 25.9 Å². The summed E-state index contributed by atoms with van der Waals surface area (Å²) in [6, 6.07) is 17.9. The SMILES string of the molecule is C/C=C/C(CC(=O)OC)c1ccc(OCc2ccccc2)cc1. The Labute approximate surface area is 137 Å². The fraction of sp³-hybridized carbons (Fsp3) is 0.250. The highest BCUT2D eigenvalue weighted by atomic mass is 16.5. The van der Waals surface area contributed by atoms with E-state index in [4.69, 9.17) is 9.47 Å². The smallest absolute Gasteiger partial charge is 0.306 e. The normalized spacial score (nSPS) is 12.1. The minimum Gasteiger partial charge on any atom is -0.489 e. The van der Waals surface area contributed by atoms with E-state index in [9.17, 15) is 4.79 Å². The van der Waals surface area contributed by atoms with Gasteiger partial charge in [0.25, 0.3) is 0 Å². The monoisotopic (exact) mass is 310 g/mol. The molecule has 3 heteroatoms. The summed E-state index contributed by atoms with van der Waals surface area (Å²) in [6.07, 6.45) is 4.30. The van der Waals surface area contributed by atoms with E-state index in [-0.39, 0.29) is 11.9 Å². The largest absolute Gasteiger partial charge is 0.489 e. The van der Waals surface area contributed by atoms with Gasteiger partial charge in [-0.2, -0.15) is 0 Å². The van der Waals surface area contributed by atoms with Gasteiger partial charge in [-0.15, -0.1) is 0 Å². The zero-order valence-electron chi connectivity index (χ0n) is 13.6. The fourth-order valence-corrected chi connectivity index (χ4v) is 2.34. The Morgan fingerprint density at radius 2 is 1.78 bits per heavy atom. The molecule has 0 spiro atoms. The molecule has 0 aliphatic heterocycles. The first kappa shape index (κ1) is 16.8. The Kier molecular flexibility index (Phi) is 6.42. The van der Waals surface area contributed by atoms with Crippen LogP contribution in [0.25, 0.3) is 0 Å². The molecule has 0 N–H and O–H groups in total. The van der Waals surface area contributed by atoms with Crippen LogP contribution in [0.1, 0.15) is 30.4 Å². The molecule has 120 valence electrons. The van der Waals surface area contributed by atoms with Crippen LogP contribution in [0.5, 0.6) is 5.75 Å². The van der Waals surface area contributed by atoms with Gasteiger partial charge in [0, 0.05) is 5.92 Å². The molecule has 23 heavy (non-hydrogen) atoms. The molecule has 0 fully saturated rings. The van der Waals surface area contributed by atoms with Gasteiger partial charge in [-0.1, -0.05) is 54.6 Å². The Hall–Kier alpha value is -2.55. The summed E-state index contributed by atoms with van der Waals surface area (Å²) in [4.78, 5) is 11.5. The maximum Gasteiger partial charge on any atom is 0.306 e. The number of carbonyl (C=O) groups is 1. The highest BCUT2D eigenvalue weighted by Gasteiger charge is 2.13. The van der Waals surface area contributed by atoms with Gasteiger partial charge < -0.3 is 9.47 Å². The fourth-order valence-electron chi connectivity index (χ4n) is 2.34. The second-order valence-electron chi connectivity index (χ2n) is 5.26. The number of carbonyl (C=O) groups excluding carboxylic acids is 1. The second-order valence-corrected chi connectivity index (χ2v) is 5.26. The molecule has 0 aliphatic rings. The maximum atomic E-state index is 11.5. The average molecular weight is 310 g/mol. The van der Waals surface area contributed by atoms with Gasteiger partial charge in [0.05, 0.1) is 13.5 Å². The van der Waals surface area contributed by atoms with Crippen LogP contribution in [0.2, 0.25) is 0 Å². The quantitative estimate of drug-likeness (QED) is 0.558. The molecule has 2 aromatic carbocycles. The molecule has 0 saturated carbocycles. The molecule has 1 atom stereocenters. The number of benzene rings is 2. The predicted molar refractivity (Wildman–Crippen MR) is 91.4 cm³/mol. The average Bonchev–Trinajstić information content (AvgIpc) is 2.61. The summed E-state index contributed by atoms with van der Waals surface area (Å²) < 4.78 is 10.5. The lowest BCUT2D eigenvalue weighted by Crippen LogP contribution is -2.07. The number of hydrogen-bond donors (Lipinski definition) is 0. The second kappa shape index (κ2) is 8.79. The number of esters is 1. The predicted octanol–water partition coefficient (Wildman–Crippen LogP) is 4.49. The minimum absolute atomic E-state index is 0.0237. The Morgan fingerprint density at radius 1 is 1.09 bits per heavy atom. The van der Waals surface area contributed by atoms with Crippen molar-refractivity contribution in [1.82, 2.24) is 0 Å². The van der Waals surface area contributed by atoms with Crippen LogP contribution < -0.4 is 4.74 Å². The van der Waals surface area contributed by atoms with Crippen molar-refractivity contribution in [1.29, 1.82) is 0 Å². The Balaban J connectivity index is 2.00. The van der Waals surface area contributed by atoms with Crippen LogP contribution in [-0.2, 0) is 16.1 Å². The lowest BCUT2D eigenvalue weighted by molar-refractivity contribution is -0.140. The molecule has 0 heterocycles. The highest BCUT2D eigenvalue weighted by molar-refractivity contribution is 5.70. The van der Waals surface area contributed by atoms with E-state index < -0.39 is 0 Å². The Morgan fingerprint density at radius 3 is 2.39 bits per heavy atom. The third-order valence-electron chi connectivity index (χ3n) is 3.60. The van der Waals surface area contributed by atoms with E-state index in [0.29, 0.717) is 13.0 Å². The molecular formula is C20H22O3. The summed E-state index contributed by atoms with van der Waals surface area (Å²) in [7, 11) is 1.41. The minimum atomic E-state index is -0.211. The van der Waals surface area contributed by atoms with Crippen molar-refractivity contribution in [2.24, 2.45) is 0 Å². The molecule has 0 bridgehead atoms. The highest BCUT2D eigenvalue weighted by Crippen LogP contribution is 2.24. The number of allylic oxidation sites excluding steroid dienone is 2. The van der Waals surface area contributed by atoms with Gasteiger partial charge in [0.15, 0.2) is 0 Å². The number of methoxy groups -OCH3 is 1. The molecule has 0 amide bonds. The molecule has 2 rings (SSSR count). The summed E-state index contributed by atoms with van der Waals surface area (Å²) in [6.45, 7) is 2.49. The third kappa shape index (κ3) is 5.29. The molecule has 3 nitrogen and oxygen atoms in total. The number of hydrogen-bond acceptors (Lipinski definition) is 3. The van der Waals surface area contributed by atoms with Gasteiger partial charge in [-0.3, -0.25) is 4.79 Å². The summed E-state index contributed by atoms with van der Waals surface area (Å²) >= 11 is 0. The van der Waals surface area contributed by atoms with Crippen LogP contribution in [0.15, 0.2) is 66.7 Å². The first-order valence-electron chi connectivity index (χ1n) is 7.69. The number of ether oxygens (including phenoxy) is 2. The molecule has 0 radical (unpaired) electrons. The van der Waals surface area contributed by atoms with Crippen LogP contribution in [0.3, 0.4) is 0 Å². The van der Waals surface area contributed by atoms with E-state index in [1.54, 1.807) is 0 Å². The van der Waals surface area contributed by atoms with E-state index in [1.807, 2.05) is 73.7 Å². The van der Waals surface area contributed by atoms with Crippen molar-refractivity contribution in [3.63, 3.8) is 0 Å². The van der Waals surface area contributed by atoms with Gasteiger partial charge in [0.1, 0.15) is 12.4 Å². The van der Waals surface area contributed by atoms with Crippen LogP contribution in [0, 0.1) is 0 Å². The lowest BCUT2D eigenvalue weighted by Gasteiger charge is -2.13. The summed E-state index contributed by atoms with van der Waals surface area (Å²) in [5.41, 5.74) is 2.20. The van der Waals surface area contributed by atoms with Crippen molar-refractivity contribution >= 4 is 5.97 Å². The third-order valence-corrected chi connectivity index (χ3v) is 3.60. The van der Waals surface area contributed by atoms with E-state index >= 15 is 0 Å². The number of rotatable bonds is 7. The summed E-state index contributed by atoms with van der Waals surface area (Å²) in [5, 5.41) is 0. The first-order chi connectivity index (χ1) is 11.2. The van der Waals surface area contributed by atoms with Crippen LogP contribution >= 0.6 is 0 Å². The molecular weight excluding hydrogens is 288 g/mol. The zero-order valence-corrected chi connectivity index (χ0v) is 13.6. The topological polar surface area (TPSA) is 35.5 Å². The van der Waals surface area contributed by atoms with E-state index in [1.165, 1.54) is 7.11 Å². The molecule has 0 aromatic heterocycles. The van der Waals surface area contributed by atoms with Gasteiger partial charge >= 0.3 is 5.97 Å². The van der Waals surface area contributed by atoms with Crippen molar-refractivity contribution < 1.29 is 14.3 Å². The zero-order chi connectivity index (χ0) is 16.5. The van der Waals surface area contributed by atoms with E-state index in [2.05, 4.69) is 0 Å². The van der Waals surface area contributed by atoms with Crippen molar-refractivity contribution in [2.75, 3.05) is 7.11 Å². The van der Waals surface area contributed by atoms with Crippen LogP contribution in [0.4, 0.5) is 0 Å². The molecule has 2 aromatic rings. The van der Waals surface area contributed by atoms with Crippen molar-refractivity contribution in [3.8, 4) is 5.75 Å². The van der Waals surface area contributed by atoms with Crippen LogP contribution in [-0.4, -0.2) is 13.1 Å². The van der Waals surface area contributed by atoms with Gasteiger partial charge in [-0.05, 0) is 30.2 Å². The standard InChI is InChI=1S/C20H22O3/c1-3-7-18(14-20(21)22-2)17-10-12-19(13-11-17)23-15-16-8-5-4-6-9-16/h3-13,18H,14-15H2,1-2H3/b7-3+. The van der Waals surface area contributed by atoms with E-state index in [0.717, 1.165) is 16.9 Å². The Bertz CT molecular complexity index is 630. The lowest BCUT2D eigenvalue weighted by atomic mass is 9.95. The van der Waals surface area contributed by atoms with Gasteiger partial charge in [-0.25, -0.2) is 0 Å². The summed E-state index contributed by atoms with van der Waals surface area (Å²) in [5.74, 6) is 0.628. The molecule has 1 unspecified atom stereocenters. The molecule has 0 aliphatic carbocycles.